The standard InChI is InChI=1S/C29H24F6O4/c1-2-3-20(36)19-11-13-22(28(35)26(19)33)39-29(38)15-6-4-14(5-7-15)16-8-9-17(24(31)23(16)30)18-10-12-21(37)27(34)25(18)32/h4,8-13,15,20,36-37H,2-3,5-7H2,1H3. The van der Waals surface area contributed by atoms with E-state index in [2.05, 4.69) is 0 Å². The van der Waals surface area contributed by atoms with Crippen molar-refractivity contribution in [1.29, 1.82) is 0 Å². The number of carbonyl (C=O) groups is 1. The van der Waals surface area contributed by atoms with Crippen LogP contribution in [0.1, 0.15) is 56.3 Å². The summed E-state index contributed by atoms with van der Waals surface area (Å²) >= 11 is 0. The lowest BCUT2D eigenvalue weighted by Crippen LogP contribution is -2.23. The molecule has 2 unspecified atom stereocenters. The number of esters is 1. The summed E-state index contributed by atoms with van der Waals surface area (Å²) < 4.78 is 91.6. The van der Waals surface area contributed by atoms with Crippen LogP contribution in [0.2, 0.25) is 0 Å². The summed E-state index contributed by atoms with van der Waals surface area (Å²) in [6, 6.07) is 6.26. The SMILES string of the molecule is CCCC(O)c1ccc(OC(=O)C2CC=C(c3ccc(-c4ccc(O)c(F)c4F)c(F)c3F)CC2)c(F)c1F. The summed E-state index contributed by atoms with van der Waals surface area (Å²) in [5.41, 5.74) is -1.10. The lowest BCUT2D eigenvalue weighted by molar-refractivity contribution is -0.139. The molecule has 4 rings (SSSR count). The molecule has 39 heavy (non-hydrogen) atoms. The summed E-state index contributed by atoms with van der Waals surface area (Å²) in [7, 11) is 0. The highest BCUT2D eigenvalue weighted by molar-refractivity contribution is 5.78. The van der Waals surface area contributed by atoms with Crippen molar-refractivity contribution >= 4 is 11.5 Å². The number of benzene rings is 3. The fourth-order valence-electron chi connectivity index (χ4n) is 4.55. The van der Waals surface area contributed by atoms with Crippen molar-refractivity contribution in [3.8, 4) is 22.6 Å². The predicted molar refractivity (Wildman–Crippen MR) is 131 cm³/mol. The molecule has 2 N–H and O–H groups in total. The lowest BCUT2D eigenvalue weighted by Gasteiger charge is -2.22. The molecule has 1 aliphatic carbocycles. The Labute approximate surface area is 220 Å². The highest BCUT2D eigenvalue weighted by atomic mass is 19.2. The number of halogens is 6. The third-order valence-electron chi connectivity index (χ3n) is 6.73. The molecule has 1 aliphatic rings. The number of aliphatic hydroxyl groups is 1. The minimum Gasteiger partial charge on any atom is -0.505 e. The number of ether oxygens (including phenoxy) is 1. The van der Waals surface area contributed by atoms with E-state index >= 15 is 0 Å². The Morgan fingerprint density at radius 2 is 1.49 bits per heavy atom. The average molecular weight is 550 g/mol. The molecule has 0 saturated heterocycles. The molecule has 0 saturated carbocycles. The van der Waals surface area contributed by atoms with Crippen LogP contribution in [0.25, 0.3) is 16.7 Å². The Balaban J connectivity index is 1.49. The minimum atomic E-state index is -1.59. The van der Waals surface area contributed by atoms with E-state index in [1.165, 1.54) is 12.1 Å². The predicted octanol–water partition coefficient (Wildman–Crippen LogP) is 7.52. The number of carbonyl (C=O) groups excluding carboxylic acids is 1. The molecular weight excluding hydrogens is 526 g/mol. The molecule has 0 fully saturated rings. The molecule has 3 aromatic carbocycles. The second kappa shape index (κ2) is 11.5. The first-order valence-corrected chi connectivity index (χ1v) is 12.3. The van der Waals surface area contributed by atoms with Gasteiger partial charge in [0.05, 0.1) is 12.0 Å². The van der Waals surface area contributed by atoms with Gasteiger partial charge >= 0.3 is 5.97 Å². The molecule has 0 heterocycles. The van der Waals surface area contributed by atoms with E-state index in [4.69, 9.17) is 4.74 Å². The second-order valence-electron chi connectivity index (χ2n) is 9.26. The van der Waals surface area contributed by atoms with Crippen molar-refractivity contribution in [2.45, 2.75) is 45.1 Å². The Kier molecular flexibility index (Phi) is 8.34. The zero-order valence-electron chi connectivity index (χ0n) is 20.7. The van der Waals surface area contributed by atoms with Gasteiger partial charge in [-0.2, -0.15) is 8.78 Å². The number of phenolic OH excluding ortho intramolecular Hbond substituents is 1. The number of hydrogen-bond donors (Lipinski definition) is 2. The van der Waals surface area contributed by atoms with Crippen molar-refractivity contribution < 1.29 is 46.1 Å². The van der Waals surface area contributed by atoms with Gasteiger partial charge in [-0.1, -0.05) is 31.6 Å². The molecule has 206 valence electrons. The number of rotatable bonds is 7. The Morgan fingerprint density at radius 1 is 0.872 bits per heavy atom. The van der Waals surface area contributed by atoms with E-state index in [-0.39, 0.29) is 36.8 Å². The van der Waals surface area contributed by atoms with Gasteiger partial charge in [-0.25, -0.2) is 17.6 Å². The normalized spacial score (nSPS) is 16.1. The van der Waals surface area contributed by atoms with Crippen LogP contribution < -0.4 is 4.74 Å². The molecule has 10 heteroatoms. The van der Waals surface area contributed by atoms with Gasteiger partial charge in [-0.15, -0.1) is 0 Å². The zero-order valence-corrected chi connectivity index (χ0v) is 20.7. The second-order valence-corrected chi connectivity index (χ2v) is 9.26. The minimum absolute atomic E-state index is 0.0478. The van der Waals surface area contributed by atoms with Crippen molar-refractivity contribution in [3.63, 3.8) is 0 Å². The monoisotopic (exact) mass is 550 g/mol. The van der Waals surface area contributed by atoms with Gasteiger partial charge in [0.15, 0.2) is 34.8 Å². The highest BCUT2D eigenvalue weighted by Gasteiger charge is 2.28. The molecule has 0 radical (unpaired) electrons. The van der Waals surface area contributed by atoms with Gasteiger partial charge in [0.1, 0.15) is 0 Å². The molecule has 0 aliphatic heterocycles. The number of phenols is 1. The van der Waals surface area contributed by atoms with Crippen LogP contribution in [0, 0.1) is 40.8 Å². The molecule has 2 atom stereocenters. The highest BCUT2D eigenvalue weighted by Crippen LogP contribution is 2.37. The van der Waals surface area contributed by atoms with Crippen molar-refractivity contribution in [2.24, 2.45) is 5.92 Å². The van der Waals surface area contributed by atoms with Gasteiger partial charge in [0, 0.05) is 22.3 Å². The third kappa shape index (κ3) is 5.52. The molecule has 0 aromatic heterocycles. The fourth-order valence-corrected chi connectivity index (χ4v) is 4.55. The van der Waals surface area contributed by atoms with Gasteiger partial charge in [0.25, 0.3) is 0 Å². The maximum Gasteiger partial charge on any atom is 0.314 e. The summed E-state index contributed by atoms with van der Waals surface area (Å²) in [6.45, 7) is 1.78. The van der Waals surface area contributed by atoms with E-state index in [1.807, 2.05) is 0 Å². The average Bonchev–Trinajstić information content (AvgIpc) is 2.92. The third-order valence-corrected chi connectivity index (χ3v) is 6.73. The number of hydrogen-bond acceptors (Lipinski definition) is 4. The first kappa shape index (κ1) is 28.2. The van der Waals surface area contributed by atoms with E-state index < -0.39 is 75.5 Å². The van der Waals surface area contributed by atoms with E-state index in [0.29, 0.717) is 12.0 Å². The quantitative estimate of drug-likeness (QED) is 0.182. The summed E-state index contributed by atoms with van der Waals surface area (Å²) in [5.74, 6) is -11.7. The van der Waals surface area contributed by atoms with Gasteiger partial charge in [-0.05, 0) is 55.5 Å². The Morgan fingerprint density at radius 3 is 2.13 bits per heavy atom. The first-order chi connectivity index (χ1) is 18.5. The van der Waals surface area contributed by atoms with Crippen LogP contribution in [0.4, 0.5) is 26.3 Å². The largest absolute Gasteiger partial charge is 0.505 e. The molecule has 0 spiro atoms. The van der Waals surface area contributed by atoms with E-state index in [9.17, 15) is 41.4 Å². The lowest BCUT2D eigenvalue weighted by atomic mass is 9.86. The van der Waals surface area contributed by atoms with E-state index in [1.54, 1.807) is 6.92 Å². The number of aromatic hydroxyl groups is 1. The molecule has 0 bridgehead atoms. The maximum atomic E-state index is 14.9. The zero-order chi connectivity index (χ0) is 28.4. The molecule has 3 aromatic rings. The van der Waals surface area contributed by atoms with Crippen LogP contribution in [-0.4, -0.2) is 16.2 Å². The summed E-state index contributed by atoms with van der Waals surface area (Å²) in [6.07, 6.45) is 1.39. The van der Waals surface area contributed by atoms with Crippen LogP contribution in [0.3, 0.4) is 0 Å². The Hall–Kier alpha value is -3.79. The molecular formula is C29H24F6O4. The fraction of sp³-hybridized carbons (Fsp3) is 0.276. The smallest absolute Gasteiger partial charge is 0.314 e. The van der Waals surface area contributed by atoms with Gasteiger partial charge < -0.3 is 14.9 Å². The summed E-state index contributed by atoms with van der Waals surface area (Å²) in [5, 5.41) is 19.2. The van der Waals surface area contributed by atoms with Crippen molar-refractivity contribution in [3.05, 3.63) is 88.5 Å². The van der Waals surface area contributed by atoms with Crippen LogP contribution >= 0.6 is 0 Å². The molecule has 4 nitrogen and oxygen atoms in total. The van der Waals surface area contributed by atoms with Crippen LogP contribution in [-0.2, 0) is 4.79 Å². The number of aliphatic hydroxyl groups excluding tert-OH is 1. The van der Waals surface area contributed by atoms with Crippen molar-refractivity contribution in [1.82, 2.24) is 0 Å². The van der Waals surface area contributed by atoms with Crippen molar-refractivity contribution in [2.75, 3.05) is 0 Å². The number of allylic oxidation sites excluding steroid dienone is 2. The Bertz CT molecular complexity index is 1450. The summed E-state index contributed by atoms with van der Waals surface area (Å²) in [4.78, 5) is 12.6. The van der Waals surface area contributed by atoms with Gasteiger partial charge in [0.2, 0.25) is 11.6 Å². The molecule has 0 amide bonds. The maximum absolute atomic E-state index is 14.9. The first-order valence-electron chi connectivity index (χ1n) is 12.3. The van der Waals surface area contributed by atoms with Crippen LogP contribution in [0.15, 0.2) is 42.5 Å². The van der Waals surface area contributed by atoms with Crippen LogP contribution in [0.5, 0.6) is 11.5 Å². The topological polar surface area (TPSA) is 66.8 Å². The van der Waals surface area contributed by atoms with Gasteiger partial charge in [-0.3, -0.25) is 4.79 Å². The van der Waals surface area contributed by atoms with E-state index in [0.717, 1.165) is 30.3 Å².